The largest absolute Gasteiger partial charge is 0.381 e. The zero-order valence-electron chi connectivity index (χ0n) is 11.8. The second kappa shape index (κ2) is 5.65. The van der Waals surface area contributed by atoms with Crippen LogP contribution in [-0.2, 0) is 6.54 Å². The molecule has 3 aromatic rings. The fourth-order valence-corrected chi connectivity index (χ4v) is 3.14. The van der Waals surface area contributed by atoms with Crippen molar-refractivity contribution in [1.82, 2.24) is 14.8 Å². The molecule has 0 bridgehead atoms. The topological polar surface area (TPSA) is 42.7 Å². The number of nitrogens with one attached hydrogen (secondary N) is 1. The van der Waals surface area contributed by atoms with Gasteiger partial charge in [-0.15, -0.1) is 11.3 Å². The van der Waals surface area contributed by atoms with Gasteiger partial charge in [-0.1, -0.05) is 0 Å². The number of nitrogens with zero attached hydrogens (tertiary/aromatic N) is 3. The minimum Gasteiger partial charge on any atom is -0.381 e. The van der Waals surface area contributed by atoms with E-state index in [0.717, 1.165) is 5.69 Å². The van der Waals surface area contributed by atoms with Gasteiger partial charge in [0.05, 0.1) is 0 Å². The standard InChI is InChI=1S/C15H15FN4S/c1-10-5-12(11(2)21-10)7-18-13-3-4-15(14(16)6-13)20-9-17-8-19-20/h3-6,8-9,18H,7H2,1-2H3. The highest BCUT2D eigenvalue weighted by atomic mass is 32.1. The molecule has 0 aliphatic carbocycles. The predicted molar refractivity (Wildman–Crippen MR) is 82.4 cm³/mol. The van der Waals surface area contributed by atoms with Crippen LogP contribution in [0.4, 0.5) is 10.1 Å². The lowest BCUT2D eigenvalue weighted by molar-refractivity contribution is 0.611. The number of thiophene rings is 1. The summed E-state index contributed by atoms with van der Waals surface area (Å²) < 4.78 is 15.5. The Bertz CT molecular complexity index is 749. The van der Waals surface area contributed by atoms with Crippen LogP contribution < -0.4 is 5.32 Å². The van der Waals surface area contributed by atoms with Crippen molar-refractivity contribution >= 4 is 17.0 Å². The van der Waals surface area contributed by atoms with Crippen molar-refractivity contribution in [3.05, 3.63) is 58.1 Å². The van der Waals surface area contributed by atoms with Gasteiger partial charge in [0, 0.05) is 22.0 Å². The van der Waals surface area contributed by atoms with Crippen LogP contribution in [0.25, 0.3) is 5.69 Å². The maximum absolute atomic E-state index is 14.1. The lowest BCUT2D eigenvalue weighted by Crippen LogP contribution is -2.02. The summed E-state index contributed by atoms with van der Waals surface area (Å²) in [6.07, 6.45) is 2.86. The molecule has 0 fully saturated rings. The van der Waals surface area contributed by atoms with Gasteiger partial charge in [-0.25, -0.2) is 14.1 Å². The highest BCUT2D eigenvalue weighted by Crippen LogP contribution is 2.22. The zero-order chi connectivity index (χ0) is 14.8. The van der Waals surface area contributed by atoms with Gasteiger partial charge < -0.3 is 5.32 Å². The van der Waals surface area contributed by atoms with Crippen LogP contribution >= 0.6 is 11.3 Å². The lowest BCUT2D eigenvalue weighted by Gasteiger charge is -2.08. The zero-order valence-corrected chi connectivity index (χ0v) is 12.6. The van der Waals surface area contributed by atoms with E-state index < -0.39 is 0 Å². The summed E-state index contributed by atoms with van der Waals surface area (Å²) in [6, 6.07) is 7.17. The molecule has 4 nitrogen and oxygen atoms in total. The molecule has 0 aliphatic heterocycles. The van der Waals surface area contributed by atoms with Crippen LogP contribution in [0.5, 0.6) is 0 Å². The molecule has 1 N–H and O–H groups in total. The number of aryl methyl sites for hydroxylation is 2. The number of hydrogen-bond donors (Lipinski definition) is 1. The molecule has 3 rings (SSSR count). The maximum Gasteiger partial charge on any atom is 0.150 e. The first-order chi connectivity index (χ1) is 10.1. The van der Waals surface area contributed by atoms with Gasteiger partial charge >= 0.3 is 0 Å². The molecular weight excluding hydrogens is 287 g/mol. The van der Waals surface area contributed by atoms with Crippen molar-refractivity contribution in [2.45, 2.75) is 20.4 Å². The van der Waals surface area contributed by atoms with E-state index in [9.17, 15) is 4.39 Å². The van der Waals surface area contributed by atoms with E-state index in [1.807, 2.05) is 6.07 Å². The molecule has 21 heavy (non-hydrogen) atoms. The van der Waals surface area contributed by atoms with Crippen molar-refractivity contribution in [2.24, 2.45) is 0 Å². The molecule has 0 aliphatic rings. The molecule has 0 saturated heterocycles. The summed E-state index contributed by atoms with van der Waals surface area (Å²) in [6.45, 7) is 4.88. The van der Waals surface area contributed by atoms with Crippen molar-refractivity contribution in [3.8, 4) is 5.69 Å². The average Bonchev–Trinajstić information content (AvgIpc) is 3.06. The van der Waals surface area contributed by atoms with Crippen molar-refractivity contribution < 1.29 is 4.39 Å². The van der Waals surface area contributed by atoms with Crippen LogP contribution in [0.15, 0.2) is 36.9 Å². The minimum atomic E-state index is -0.330. The lowest BCUT2D eigenvalue weighted by atomic mass is 10.2. The van der Waals surface area contributed by atoms with Crippen LogP contribution in [0, 0.1) is 19.7 Å². The fraction of sp³-hybridized carbons (Fsp3) is 0.200. The van der Waals surface area contributed by atoms with E-state index in [1.165, 1.54) is 38.7 Å². The number of aromatic nitrogens is 3. The van der Waals surface area contributed by atoms with Crippen molar-refractivity contribution in [1.29, 1.82) is 0 Å². The highest BCUT2D eigenvalue weighted by Gasteiger charge is 2.07. The van der Waals surface area contributed by atoms with Crippen LogP contribution in [0.3, 0.4) is 0 Å². The third-order valence-corrected chi connectivity index (χ3v) is 4.25. The normalized spacial score (nSPS) is 10.8. The quantitative estimate of drug-likeness (QED) is 0.799. The summed E-state index contributed by atoms with van der Waals surface area (Å²) in [5.41, 5.74) is 2.39. The Hall–Kier alpha value is -2.21. The Labute approximate surface area is 126 Å². The number of halogens is 1. The Morgan fingerprint density at radius 1 is 1.29 bits per heavy atom. The van der Waals surface area contributed by atoms with Gasteiger partial charge in [0.2, 0.25) is 0 Å². The first kappa shape index (κ1) is 13.8. The first-order valence-corrected chi connectivity index (χ1v) is 7.39. The number of rotatable bonds is 4. The SMILES string of the molecule is Cc1cc(CNc2ccc(-n3cncn3)c(F)c2)c(C)s1. The molecule has 0 atom stereocenters. The van der Waals surface area contributed by atoms with Crippen LogP contribution in [0.2, 0.25) is 0 Å². The fourth-order valence-electron chi connectivity index (χ4n) is 2.19. The van der Waals surface area contributed by atoms with Crippen LogP contribution in [0.1, 0.15) is 15.3 Å². The minimum absolute atomic E-state index is 0.330. The third-order valence-electron chi connectivity index (χ3n) is 3.24. The molecule has 0 radical (unpaired) electrons. The predicted octanol–water partition coefficient (Wildman–Crippen LogP) is 3.70. The molecule has 6 heteroatoms. The first-order valence-electron chi connectivity index (χ1n) is 6.58. The van der Waals surface area contributed by atoms with Gasteiger partial charge in [0.1, 0.15) is 18.3 Å². The van der Waals surface area contributed by atoms with Gasteiger partial charge in [-0.3, -0.25) is 0 Å². The molecule has 108 valence electrons. The van der Waals surface area contributed by atoms with Gasteiger partial charge in [0.15, 0.2) is 5.82 Å². The molecule has 0 unspecified atom stereocenters. The van der Waals surface area contributed by atoms with Gasteiger partial charge in [-0.2, -0.15) is 5.10 Å². The maximum atomic E-state index is 14.1. The summed E-state index contributed by atoms with van der Waals surface area (Å²) in [7, 11) is 0. The Morgan fingerprint density at radius 2 is 2.14 bits per heavy atom. The van der Waals surface area contributed by atoms with E-state index in [2.05, 4.69) is 35.3 Å². The van der Waals surface area contributed by atoms with Crippen LogP contribution in [-0.4, -0.2) is 14.8 Å². The van der Waals surface area contributed by atoms with E-state index in [0.29, 0.717) is 12.2 Å². The molecule has 0 saturated carbocycles. The summed E-state index contributed by atoms with van der Waals surface area (Å²) in [5, 5.41) is 7.18. The van der Waals surface area contributed by atoms with Crippen molar-refractivity contribution in [3.63, 3.8) is 0 Å². The Morgan fingerprint density at radius 3 is 2.76 bits per heavy atom. The molecular formula is C15H15FN4S. The smallest absolute Gasteiger partial charge is 0.150 e. The van der Waals surface area contributed by atoms with Gasteiger partial charge in [-0.05, 0) is 43.7 Å². The van der Waals surface area contributed by atoms with E-state index >= 15 is 0 Å². The second-order valence-electron chi connectivity index (χ2n) is 4.80. The van der Waals surface area contributed by atoms with E-state index in [-0.39, 0.29) is 5.82 Å². The summed E-state index contributed by atoms with van der Waals surface area (Å²) in [4.78, 5) is 6.40. The Balaban J connectivity index is 1.75. The molecule has 2 heterocycles. The second-order valence-corrected chi connectivity index (χ2v) is 6.26. The molecule has 0 spiro atoms. The van der Waals surface area contributed by atoms with Crippen molar-refractivity contribution in [2.75, 3.05) is 5.32 Å². The third kappa shape index (κ3) is 2.95. The monoisotopic (exact) mass is 302 g/mol. The summed E-state index contributed by atoms with van der Waals surface area (Å²) in [5.74, 6) is -0.330. The molecule has 2 aromatic heterocycles. The number of hydrogen-bond acceptors (Lipinski definition) is 4. The van der Waals surface area contributed by atoms with E-state index in [4.69, 9.17) is 0 Å². The van der Waals surface area contributed by atoms with Gasteiger partial charge in [0.25, 0.3) is 0 Å². The highest BCUT2D eigenvalue weighted by molar-refractivity contribution is 7.12. The number of anilines is 1. The number of benzene rings is 1. The average molecular weight is 302 g/mol. The summed E-state index contributed by atoms with van der Waals surface area (Å²) >= 11 is 1.78. The molecule has 1 aromatic carbocycles. The Kier molecular flexibility index (Phi) is 3.70. The van der Waals surface area contributed by atoms with E-state index in [1.54, 1.807) is 17.4 Å². The molecule has 0 amide bonds.